The second-order valence-electron chi connectivity index (χ2n) is 7.94. The average molecular weight is 472 g/mol. The van der Waals surface area contributed by atoms with Crippen molar-refractivity contribution in [3.63, 3.8) is 0 Å². The molecule has 0 aliphatic heterocycles. The summed E-state index contributed by atoms with van der Waals surface area (Å²) in [7, 11) is 0. The number of rotatable bonds is 7. The topological polar surface area (TPSA) is 76.9 Å². The molecule has 0 aliphatic rings. The van der Waals surface area contributed by atoms with Crippen LogP contribution in [0.4, 0.5) is 5.69 Å². The van der Waals surface area contributed by atoms with Gasteiger partial charge < -0.3 is 14.6 Å². The number of aromatic nitrogens is 4. The van der Waals surface area contributed by atoms with E-state index in [-0.39, 0.29) is 12.5 Å². The van der Waals surface area contributed by atoms with Crippen LogP contribution in [0.15, 0.2) is 66.7 Å². The molecule has 7 nitrogen and oxygen atoms in total. The lowest BCUT2D eigenvalue weighted by Gasteiger charge is -2.10. The van der Waals surface area contributed by atoms with Gasteiger partial charge in [-0.25, -0.2) is 0 Å². The van der Waals surface area contributed by atoms with Crippen molar-refractivity contribution in [2.24, 2.45) is 0 Å². The van der Waals surface area contributed by atoms with E-state index in [0.717, 1.165) is 34.4 Å². The molecule has 5 rings (SSSR count). The summed E-state index contributed by atoms with van der Waals surface area (Å²) >= 11 is 5.39. The molecular weight excluding hydrogens is 446 g/mol. The van der Waals surface area contributed by atoms with Crippen molar-refractivity contribution in [2.75, 3.05) is 11.9 Å². The first kappa shape index (κ1) is 21.9. The van der Waals surface area contributed by atoms with Gasteiger partial charge in [-0.05, 0) is 74.6 Å². The molecule has 34 heavy (non-hydrogen) atoms. The SMILES string of the molecule is CCOc1ccc(-c2n[nH]c(=S)n2CC(=O)Nc2ccc3c(c2)c2ccccc2n3CC)cc1. The highest BCUT2D eigenvalue weighted by Crippen LogP contribution is 2.31. The summed E-state index contributed by atoms with van der Waals surface area (Å²) in [5.41, 5.74) is 3.93. The molecule has 0 saturated carbocycles. The predicted molar refractivity (Wildman–Crippen MR) is 138 cm³/mol. The van der Waals surface area contributed by atoms with Crippen LogP contribution in [-0.2, 0) is 17.9 Å². The highest BCUT2D eigenvalue weighted by atomic mass is 32.1. The predicted octanol–water partition coefficient (Wildman–Crippen LogP) is 5.77. The van der Waals surface area contributed by atoms with E-state index >= 15 is 0 Å². The number of amides is 1. The zero-order valence-electron chi connectivity index (χ0n) is 19.0. The van der Waals surface area contributed by atoms with E-state index in [9.17, 15) is 4.79 Å². The highest BCUT2D eigenvalue weighted by Gasteiger charge is 2.14. The molecule has 0 saturated heterocycles. The third kappa shape index (κ3) is 3.97. The molecule has 172 valence electrons. The number of ether oxygens (including phenoxy) is 1. The number of aromatic amines is 1. The zero-order chi connectivity index (χ0) is 23.7. The third-order valence-corrected chi connectivity index (χ3v) is 6.17. The molecule has 0 radical (unpaired) electrons. The standard InChI is InChI=1S/C26H25N5O2S/c1-3-30-22-8-6-5-7-20(22)21-15-18(11-14-23(21)30)27-24(32)16-31-25(28-29-26(31)34)17-9-12-19(13-10-17)33-4-2/h5-15H,3-4,16H2,1-2H3,(H,27,32)(H,29,34). The maximum Gasteiger partial charge on any atom is 0.244 e. The molecule has 3 aromatic carbocycles. The lowest BCUT2D eigenvalue weighted by Crippen LogP contribution is -2.19. The second-order valence-corrected chi connectivity index (χ2v) is 8.32. The van der Waals surface area contributed by atoms with Crippen LogP contribution in [0.25, 0.3) is 33.2 Å². The summed E-state index contributed by atoms with van der Waals surface area (Å²) < 4.78 is 9.88. The van der Waals surface area contributed by atoms with Gasteiger partial charge in [-0.15, -0.1) is 0 Å². The van der Waals surface area contributed by atoms with Crippen LogP contribution in [0.2, 0.25) is 0 Å². The molecular formula is C26H25N5O2S. The first-order valence-electron chi connectivity index (χ1n) is 11.3. The number of nitrogens with zero attached hydrogens (tertiary/aromatic N) is 3. The molecule has 8 heteroatoms. The van der Waals surface area contributed by atoms with Crippen molar-refractivity contribution in [1.29, 1.82) is 0 Å². The van der Waals surface area contributed by atoms with Crippen LogP contribution >= 0.6 is 12.2 Å². The number of aryl methyl sites for hydroxylation is 1. The number of benzene rings is 3. The Kier molecular flexibility index (Phi) is 5.90. The maximum absolute atomic E-state index is 13.0. The fourth-order valence-electron chi connectivity index (χ4n) is 4.37. The number of carbonyl (C=O) groups is 1. The number of carbonyl (C=O) groups excluding carboxylic acids is 1. The Hall–Kier alpha value is -3.91. The van der Waals surface area contributed by atoms with Crippen molar-refractivity contribution < 1.29 is 9.53 Å². The van der Waals surface area contributed by atoms with Crippen molar-refractivity contribution in [2.45, 2.75) is 26.9 Å². The number of para-hydroxylation sites is 1. The fourth-order valence-corrected chi connectivity index (χ4v) is 4.56. The number of nitrogens with one attached hydrogen (secondary N) is 2. The molecule has 1 amide bonds. The van der Waals surface area contributed by atoms with Crippen molar-refractivity contribution in [3.8, 4) is 17.1 Å². The van der Waals surface area contributed by atoms with Crippen molar-refractivity contribution >= 4 is 45.6 Å². The lowest BCUT2D eigenvalue weighted by molar-refractivity contribution is -0.116. The summed E-state index contributed by atoms with van der Waals surface area (Å²) in [6.07, 6.45) is 0. The van der Waals surface area contributed by atoms with Crippen molar-refractivity contribution in [3.05, 3.63) is 71.5 Å². The van der Waals surface area contributed by atoms with Gasteiger partial charge in [-0.2, -0.15) is 5.10 Å². The third-order valence-electron chi connectivity index (χ3n) is 5.86. The van der Waals surface area contributed by atoms with Gasteiger partial charge in [0.1, 0.15) is 12.3 Å². The quantitative estimate of drug-likeness (QED) is 0.295. The van der Waals surface area contributed by atoms with Gasteiger partial charge >= 0.3 is 0 Å². The molecule has 2 aromatic heterocycles. The lowest BCUT2D eigenvalue weighted by atomic mass is 10.1. The number of hydrogen-bond donors (Lipinski definition) is 2. The minimum atomic E-state index is -0.178. The Labute approximate surface area is 202 Å². The molecule has 2 N–H and O–H groups in total. The zero-order valence-corrected chi connectivity index (χ0v) is 19.9. The van der Waals surface area contributed by atoms with Gasteiger partial charge in [0.25, 0.3) is 0 Å². The molecule has 2 heterocycles. The Morgan fingerprint density at radius 2 is 1.76 bits per heavy atom. The van der Waals surface area contributed by atoms with E-state index in [1.165, 1.54) is 10.9 Å². The molecule has 0 bridgehead atoms. The van der Waals surface area contributed by atoms with Crippen LogP contribution in [0.5, 0.6) is 5.75 Å². The van der Waals surface area contributed by atoms with Crippen LogP contribution in [-0.4, -0.2) is 31.8 Å². The summed E-state index contributed by atoms with van der Waals surface area (Å²) in [5.74, 6) is 1.21. The van der Waals surface area contributed by atoms with Crippen LogP contribution in [0, 0.1) is 4.77 Å². The Morgan fingerprint density at radius 1 is 1.00 bits per heavy atom. The van der Waals surface area contributed by atoms with Gasteiger partial charge in [0.15, 0.2) is 10.6 Å². The molecule has 0 spiro atoms. The molecule has 5 aromatic rings. The number of hydrogen-bond acceptors (Lipinski definition) is 4. The van der Waals surface area contributed by atoms with Crippen LogP contribution in [0.3, 0.4) is 0 Å². The van der Waals surface area contributed by atoms with E-state index in [0.29, 0.717) is 17.2 Å². The van der Waals surface area contributed by atoms with Gasteiger partial charge in [0.05, 0.1) is 6.61 Å². The molecule has 0 aliphatic carbocycles. The summed E-state index contributed by atoms with van der Waals surface area (Å²) in [5, 5.41) is 12.4. The van der Waals surface area contributed by atoms with Gasteiger partial charge in [0.2, 0.25) is 5.91 Å². The van der Waals surface area contributed by atoms with Crippen LogP contribution < -0.4 is 10.1 Å². The summed E-state index contributed by atoms with van der Waals surface area (Å²) in [6, 6.07) is 21.9. The fraction of sp³-hybridized carbons (Fsp3) is 0.192. The van der Waals surface area contributed by atoms with E-state index in [1.807, 2.05) is 55.5 Å². The number of H-pyrrole nitrogens is 1. The van der Waals surface area contributed by atoms with E-state index in [4.69, 9.17) is 17.0 Å². The normalized spacial score (nSPS) is 11.2. The van der Waals surface area contributed by atoms with Gasteiger partial charge in [0, 0.05) is 39.6 Å². The molecule has 0 fully saturated rings. The smallest absolute Gasteiger partial charge is 0.244 e. The van der Waals surface area contributed by atoms with Gasteiger partial charge in [-0.3, -0.25) is 14.5 Å². The van der Waals surface area contributed by atoms with E-state index in [2.05, 4.69) is 45.2 Å². The largest absolute Gasteiger partial charge is 0.494 e. The minimum Gasteiger partial charge on any atom is -0.494 e. The van der Waals surface area contributed by atoms with E-state index < -0.39 is 0 Å². The molecule has 0 unspecified atom stereocenters. The Morgan fingerprint density at radius 3 is 2.53 bits per heavy atom. The Balaban J connectivity index is 1.40. The Bertz CT molecular complexity index is 1550. The monoisotopic (exact) mass is 471 g/mol. The summed E-state index contributed by atoms with van der Waals surface area (Å²) in [6.45, 7) is 5.60. The van der Waals surface area contributed by atoms with Gasteiger partial charge in [-0.1, -0.05) is 18.2 Å². The minimum absolute atomic E-state index is 0.0482. The summed E-state index contributed by atoms with van der Waals surface area (Å²) in [4.78, 5) is 13.0. The maximum atomic E-state index is 13.0. The van der Waals surface area contributed by atoms with Crippen molar-refractivity contribution in [1.82, 2.24) is 19.3 Å². The number of anilines is 1. The van der Waals surface area contributed by atoms with Crippen LogP contribution in [0.1, 0.15) is 13.8 Å². The first-order valence-corrected chi connectivity index (χ1v) is 11.7. The number of fused-ring (bicyclic) bond motifs is 3. The molecule has 0 atom stereocenters. The van der Waals surface area contributed by atoms with E-state index in [1.54, 1.807) is 4.57 Å². The highest BCUT2D eigenvalue weighted by molar-refractivity contribution is 7.71. The average Bonchev–Trinajstić information content (AvgIpc) is 3.37. The second kappa shape index (κ2) is 9.15. The first-order chi connectivity index (χ1) is 16.6.